The molecule has 0 saturated heterocycles. The third kappa shape index (κ3) is 8.88. The molecule has 5 aliphatic rings. The maximum atomic E-state index is 6.67. The van der Waals surface area contributed by atoms with Crippen LogP contribution in [0, 0.1) is 12.3 Å². The van der Waals surface area contributed by atoms with Crippen molar-refractivity contribution in [2.45, 2.75) is 77.8 Å². The van der Waals surface area contributed by atoms with Crippen LogP contribution in [0.5, 0.6) is 11.5 Å². The Morgan fingerprint density at radius 2 is 1.24 bits per heavy atom. The van der Waals surface area contributed by atoms with E-state index < -0.39 is 0 Å². The van der Waals surface area contributed by atoms with Crippen LogP contribution in [0.2, 0.25) is 0 Å². The van der Waals surface area contributed by atoms with Crippen molar-refractivity contribution in [3.05, 3.63) is 238 Å². The average Bonchev–Trinajstić information content (AvgIpc) is 3.72. The number of nitrogens with two attached hydrogens (primary N) is 1. The molecule has 1 aliphatic heterocycles. The lowest BCUT2D eigenvalue weighted by atomic mass is 9.61. The molecule has 336 valence electrons. The van der Waals surface area contributed by atoms with E-state index in [4.69, 9.17) is 20.6 Å². The van der Waals surface area contributed by atoms with Gasteiger partial charge in [-0.25, -0.2) is 0 Å². The van der Waals surface area contributed by atoms with Gasteiger partial charge in [-0.2, -0.15) is 0 Å². The summed E-state index contributed by atoms with van der Waals surface area (Å²) in [6, 6.07) is 51.4. The Kier molecular flexibility index (Phi) is 14.7. The molecule has 7 aromatic rings. The Bertz CT molecular complexity index is 3080. The van der Waals surface area contributed by atoms with Crippen molar-refractivity contribution in [3.63, 3.8) is 0 Å². The Balaban J connectivity index is 0.000000158. The van der Waals surface area contributed by atoms with E-state index >= 15 is 0 Å². The van der Waals surface area contributed by atoms with Crippen LogP contribution in [0.1, 0.15) is 74.6 Å². The van der Waals surface area contributed by atoms with Gasteiger partial charge in [0.05, 0.1) is 12.0 Å². The summed E-state index contributed by atoms with van der Waals surface area (Å²) in [6.45, 7) is 13.3. The summed E-state index contributed by atoms with van der Waals surface area (Å²) in [6.07, 6.45) is 17.7. The fourth-order valence-electron chi connectivity index (χ4n) is 10.4. The second kappa shape index (κ2) is 21.3. The number of aliphatic imine (C=N–C) groups is 1. The number of aryl methyl sites for hydroxylation is 1. The molecule has 5 nitrogen and oxygen atoms in total. The summed E-state index contributed by atoms with van der Waals surface area (Å²) in [4.78, 5) is 3.76. The van der Waals surface area contributed by atoms with Crippen molar-refractivity contribution in [1.29, 1.82) is 5.41 Å². The molecule has 0 saturated carbocycles. The van der Waals surface area contributed by atoms with E-state index in [9.17, 15) is 0 Å². The van der Waals surface area contributed by atoms with Crippen molar-refractivity contribution in [2.24, 2.45) is 10.7 Å². The zero-order valence-corrected chi connectivity index (χ0v) is 39.2. The van der Waals surface area contributed by atoms with Crippen LogP contribution >= 0.6 is 0 Å². The molecule has 0 aromatic heterocycles. The second-order valence-electron chi connectivity index (χ2n) is 16.9. The first kappa shape index (κ1) is 46.2. The minimum atomic E-state index is -0.201. The van der Waals surface area contributed by atoms with E-state index in [1.807, 2.05) is 62.4 Å². The molecule has 0 radical (unpaired) electrons. The zero-order valence-electron chi connectivity index (χ0n) is 39.2. The first-order chi connectivity index (χ1) is 33.1. The van der Waals surface area contributed by atoms with Gasteiger partial charge in [0.25, 0.3) is 0 Å². The molecule has 1 atom stereocenters. The smallest absolute Gasteiger partial charge is 0.173 e. The largest absolute Gasteiger partial charge is 0.454 e. The first-order valence-corrected chi connectivity index (χ1v) is 23.7. The molecule has 1 unspecified atom stereocenters. The summed E-state index contributed by atoms with van der Waals surface area (Å²) >= 11 is 0. The molecule has 1 heterocycles. The van der Waals surface area contributed by atoms with Crippen LogP contribution in [-0.4, -0.2) is 13.4 Å². The van der Waals surface area contributed by atoms with Gasteiger partial charge in [-0.3, -0.25) is 4.99 Å². The minimum Gasteiger partial charge on any atom is -0.454 e. The van der Waals surface area contributed by atoms with E-state index in [1.165, 1.54) is 76.9 Å². The number of benzene rings is 7. The summed E-state index contributed by atoms with van der Waals surface area (Å²) in [5.41, 5.74) is 17.7. The highest BCUT2D eigenvalue weighted by molar-refractivity contribution is 6.25. The van der Waals surface area contributed by atoms with Crippen molar-refractivity contribution in [2.75, 3.05) is 0 Å². The number of nitrogens with one attached hydrogen (secondary N) is 1. The molecule has 67 heavy (non-hydrogen) atoms. The SMILES string of the molecule is C=N.C=NCc1ccccc1.CC.Cc1ccc2c3ccccc3c3ccccc3c2c1.NCc1ccc2c(c1)OC1=C(O2)C2=C(CC1)C(C1=CC=CCC1)(c1ccccc1)C1=C2C=CCC1. The Morgan fingerprint density at radius 3 is 1.88 bits per heavy atom. The van der Waals surface area contributed by atoms with E-state index in [1.54, 1.807) is 0 Å². The second-order valence-corrected chi connectivity index (χ2v) is 16.9. The maximum absolute atomic E-state index is 6.67. The normalized spacial score (nSPS) is 17.3. The van der Waals surface area contributed by atoms with Crippen LogP contribution in [-0.2, 0) is 18.5 Å². The topological polar surface area (TPSA) is 80.7 Å². The number of rotatable bonds is 5. The van der Waals surface area contributed by atoms with Gasteiger partial charge in [-0.15, -0.1) is 0 Å². The van der Waals surface area contributed by atoms with Gasteiger partial charge >= 0.3 is 0 Å². The Morgan fingerprint density at radius 1 is 0.612 bits per heavy atom. The van der Waals surface area contributed by atoms with Crippen molar-refractivity contribution < 1.29 is 9.47 Å². The maximum Gasteiger partial charge on any atom is 0.173 e. The fourth-order valence-corrected chi connectivity index (χ4v) is 10.4. The monoisotopic (exact) mass is 879 g/mol. The van der Waals surface area contributed by atoms with E-state index in [-0.39, 0.29) is 5.41 Å². The average molecular weight is 880 g/mol. The molecule has 0 amide bonds. The van der Waals surface area contributed by atoms with Gasteiger partial charge in [0.1, 0.15) is 5.76 Å². The first-order valence-electron chi connectivity index (χ1n) is 23.7. The lowest BCUT2D eigenvalue weighted by Crippen LogP contribution is -2.34. The predicted molar refractivity (Wildman–Crippen MR) is 283 cm³/mol. The molecule has 3 N–H and O–H groups in total. The predicted octanol–water partition coefficient (Wildman–Crippen LogP) is 15.7. The van der Waals surface area contributed by atoms with Crippen molar-refractivity contribution >= 4 is 45.8 Å². The molecule has 5 heteroatoms. The number of fused-ring (bicyclic) bond motifs is 9. The van der Waals surface area contributed by atoms with E-state index in [2.05, 4.69) is 153 Å². The molecular formula is C62H61N3O2. The van der Waals surface area contributed by atoms with Gasteiger partial charge in [0.2, 0.25) is 0 Å². The molecular weight excluding hydrogens is 819 g/mol. The molecule has 4 aliphatic carbocycles. The number of nitrogens with zero attached hydrogens (tertiary/aromatic N) is 1. The lowest BCUT2D eigenvalue weighted by Gasteiger charge is -2.41. The molecule has 0 bridgehead atoms. The summed E-state index contributed by atoms with van der Waals surface area (Å²) in [5, 5.41) is 13.6. The molecule has 12 rings (SSSR count). The standard InChI is InChI=1S/C32H29NO2.C19H14.C8H9N.C2H6.CH3N/c33-20-21-15-17-27-29(19-21)34-28-18-16-26-30(31(28)35-27)24-13-7-8-14-25(24)32(26,22-9-3-1-4-10-22)23-11-5-2-6-12-23;1-13-10-11-18-16-8-3-2-6-14(16)15-7-4-5-9-17(15)19(18)12-13;1-9-7-8-5-3-2-4-6-8;2*1-2/h1-5,7,9-11,13,15,17,19H,6,8,12,14,16,18,20,33H2;2-12H,1H3;2-6H,1,7H2;1-2H3;2H,1H2. The van der Waals surface area contributed by atoms with Crippen LogP contribution < -0.4 is 15.2 Å². The highest BCUT2D eigenvalue weighted by atomic mass is 16.6. The molecule has 0 fully saturated rings. The quantitative estimate of drug-likeness (QED) is 0.133. The van der Waals surface area contributed by atoms with Crippen LogP contribution in [0.15, 0.2) is 220 Å². The summed E-state index contributed by atoms with van der Waals surface area (Å²) < 4.78 is 13.1. The fraction of sp³-hybridized carbons (Fsp3) is 0.194. The highest BCUT2D eigenvalue weighted by Gasteiger charge is 2.52. The van der Waals surface area contributed by atoms with Gasteiger partial charge in [-0.05, 0) is 130 Å². The number of hydrogen-bond acceptors (Lipinski definition) is 5. The molecule has 0 spiro atoms. The van der Waals surface area contributed by atoms with E-state index in [0.29, 0.717) is 6.54 Å². The number of ether oxygens (including phenoxy) is 2. The lowest BCUT2D eigenvalue weighted by molar-refractivity contribution is 0.283. The summed E-state index contributed by atoms with van der Waals surface area (Å²) in [5.74, 6) is 3.39. The van der Waals surface area contributed by atoms with Gasteiger partial charge < -0.3 is 20.6 Å². The van der Waals surface area contributed by atoms with Gasteiger partial charge in [0, 0.05) is 18.5 Å². The van der Waals surface area contributed by atoms with Crippen LogP contribution in [0.4, 0.5) is 0 Å². The van der Waals surface area contributed by atoms with Gasteiger partial charge in [0.15, 0.2) is 17.3 Å². The van der Waals surface area contributed by atoms with Crippen molar-refractivity contribution in [1.82, 2.24) is 0 Å². The third-order valence-electron chi connectivity index (χ3n) is 13.2. The third-order valence-corrected chi connectivity index (χ3v) is 13.2. The zero-order chi connectivity index (χ0) is 46.8. The number of hydrogen-bond donors (Lipinski definition) is 2. The van der Waals surface area contributed by atoms with Crippen molar-refractivity contribution in [3.8, 4) is 11.5 Å². The highest BCUT2D eigenvalue weighted by Crippen LogP contribution is 2.62. The number of allylic oxidation sites excluding steroid dienone is 10. The van der Waals surface area contributed by atoms with Crippen LogP contribution in [0.3, 0.4) is 0 Å². The molecule has 7 aromatic carbocycles. The summed E-state index contributed by atoms with van der Waals surface area (Å²) in [7, 11) is 0. The Labute approximate surface area is 396 Å². The van der Waals surface area contributed by atoms with E-state index in [0.717, 1.165) is 73.7 Å². The van der Waals surface area contributed by atoms with Crippen LogP contribution in [0.25, 0.3) is 32.3 Å². The minimum absolute atomic E-state index is 0.201. The Hall–Kier alpha value is -7.34. The van der Waals surface area contributed by atoms with Gasteiger partial charge in [-0.1, -0.05) is 189 Å².